The lowest BCUT2D eigenvalue weighted by atomic mass is 10.1. The summed E-state index contributed by atoms with van der Waals surface area (Å²) in [6.07, 6.45) is 0. The largest absolute Gasteiger partial charge is 0.481 e. The first kappa shape index (κ1) is 16.0. The maximum atomic E-state index is 12.2. The third-order valence-corrected chi connectivity index (χ3v) is 2.92. The van der Waals surface area contributed by atoms with E-state index in [1.165, 1.54) is 19.1 Å². The zero-order valence-electron chi connectivity index (χ0n) is 12.2. The van der Waals surface area contributed by atoms with Gasteiger partial charge in [-0.15, -0.1) is 0 Å². The number of rotatable bonds is 5. The average Bonchev–Trinajstić information content (AvgIpc) is 2.42. The van der Waals surface area contributed by atoms with Crippen molar-refractivity contribution in [3.05, 3.63) is 29.3 Å². The lowest BCUT2D eigenvalue weighted by Crippen LogP contribution is -2.39. The van der Waals surface area contributed by atoms with E-state index in [1.807, 2.05) is 32.0 Å². The number of methoxy groups -OCH3 is 2. The molecule has 1 aromatic carbocycles. The van der Waals surface area contributed by atoms with E-state index in [0.717, 1.165) is 16.8 Å². The Labute approximate surface area is 118 Å². The van der Waals surface area contributed by atoms with Crippen molar-refractivity contribution in [1.29, 1.82) is 0 Å². The van der Waals surface area contributed by atoms with E-state index in [9.17, 15) is 4.79 Å². The van der Waals surface area contributed by atoms with Gasteiger partial charge in [0.2, 0.25) is 5.90 Å². The van der Waals surface area contributed by atoms with Gasteiger partial charge in [0, 0.05) is 7.11 Å². The van der Waals surface area contributed by atoms with Crippen LogP contribution in [0.1, 0.15) is 11.1 Å². The van der Waals surface area contributed by atoms with E-state index in [1.54, 1.807) is 0 Å². The molecule has 0 bridgehead atoms. The molecule has 6 nitrogen and oxygen atoms in total. The number of para-hydroxylation sites is 1. The molecule has 6 heteroatoms. The minimum Gasteiger partial charge on any atom is -0.481 e. The first-order chi connectivity index (χ1) is 9.54. The van der Waals surface area contributed by atoms with Crippen molar-refractivity contribution >= 4 is 17.5 Å². The molecular formula is C14H20N2O4. The first-order valence-electron chi connectivity index (χ1n) is 6.15. The number of benzene rings is 1. The zero-order chi connectivity index (χ0) is 15.1. The Hall–Kier alpha value is -2.08. The molecule has 0 saturated carbocycles. The van der Waals surface area contributed by atoms with Crippen LogP contribution < -0.4 is 4.90 Å². The standard InChI is InChI=1S/C14H20N2O4/c1-10-6-5-7-11(2)14(10)16(13(17)9-19-3)8-12(15-18)20-4/h5-7,18H,8-9H2,1-4H3. The van der Waals surface area contributed by atoms with E-state index in [2.05, 4.69) is 5.16 Å². The molecule has 0 aromatic heterocycles. The molecule has 1 amide bonds. The van der Waals surface area contributed by atoms with E-state index >= 15 is 0 Å². The van der Waals surface area contributed by atoms with Crippen molar-refractivity contribution in [3.63, 3.8) is 0 Å². The number of anilines is 1. The van der Waals surface area contributed by atoms with Gasteiger partial charge in [0.15, 0.2) is 0 Å². The molecule has 0 unspecified atom stereocenters. The summed E-state index contributed by atoms with van der Waals surface area (Å²) in [6, 6.07) is 5.75. The van der Waals surface area contributed by atoms with Gasteiger partial charge in [0.25, 0.3) is 5.91 Å². The fourth-order valence-electron chi connectivity index (χ4n) is 2.00. The van der Waals surface area contributed by atoms with Crippen molar-refractivity contribution in [2.45, 2.75) is 13.8 Å². The fraction of sp³-hybridized carbons (Fsp3) is 0.429. The molecule has 20 heavy (non-hydrogen) atoms. The quantitative estimate of drug-likeness (QED) is 0.386. The summed E-state index contributed by atoms with van der Waals surface area (Å²) in [5, 5.41) is 11.9. The molecule has 1 rings (SSSR count). The molecule has 0 heterocycles. The van der Waals surface area contributed by atoms with Gasteiger partial charge in [-0.2, -0.15) is 0 Å². The Morgan fingerprint density at radius 1 is 1.30 bits per heavy atom. The van der Waals surface area contributed by atoms with Gasteiger partial charge in [-0.25, -0.2) is 0 Å². The highest BCUT2D eigenvalue weighted by Crippen LogP contribution is 2.24. The summed E-state index contributed by atoms with van der Waals surface area (Å²) in [5.41, 5.74) is 2.67. The van der Waals surface area contributed by atoms with Gasteiger partial charge in [0.1, 0.15) is 13.2 Å². The second-order valence-electron chi connectivity index (χ2n) is 4.35. The highest BCUT2D eigenvalue weighted by molar-refractivity contribution is 6.00. The van der Waals surface area contributed by atoms with E-state index in [-0.39, 0.29) is 25.0 Å². The molecule has 0 radical (unpaired) electrons. The Kier molecular flexibility index (Phi) is 5.99. The third kappa shape index (κ3) is 3.71. The Bertz CT molecular complexity index is 480. The summed E-state index contributed by atoms with van der Waals surface area (Å²) in [4.78, 5) is 13.7. The summed E-state index contributed by atoms with van der Waals surface area (Å²) in [6.45, 7) is 3.81. The molecule has 110 valence electrons. The molecule has 0 aliphatic heterocycles. The van der Waals surface area contributed by atoms with Crippen LogP contribution in [-0.4, -0.2) is 44.4 Å². The predicted octanol–water partition coefficient (Wildman–Crippen LogP) is 1.72. The van der Waals surface area contributed by atoms with Crippen molar-refractivity contribution in [1.82, 2.24) is 0 Å². The zero-order valence-corrected chi connectivity index (χ0v) is 12.2. The summed E-state index contributed by atoms with van der Waals surface area (Å²) >= 11 is 0. The third-order valence-electron chi connectivity index (χ3n) is 2.92. The van der Waals surface area contributed by atoms with Gasteiger partial charge in [0.05, 0.1) is 12.8 Å². The second kappa shape index (κ2) is 7.49. The average molecular weight is 280 g/mol. The van der Waals surface area contributed by atoms with Gasteiger partial charge >= 0.3 is 0 Å². The molecule has 0 spiro atoms. The summed E-state index contributed by atoms with van der Waals surface area (Å²) in [5.74, 6) is -0.180. The maximum absolute atomic E-state index is 12.2. The normalized spacial score (nSPS) is 11.3. The number of amides is 1. The van der Waals surface area contributed by atoms with E-state index < -0.39 is 0 Å². The number of aryl methyl sites for hydroxylation is 2. The van der Waals surface area contributed by atoms with Gasteiger partial charge < -0.3 is 19.6 Å². The topological polar surface area (TPSA) is 71.4 Å². The van der Waals surface area contributed by atoms with Crippen LogP contribution >= 0.6 is 0 Å². The fourth-order valence-corrected chi connectivity index (χ4v) is 2.00. The van der Waals surface area contributed by atoms with Crippen LogP contribution in [0.15, 0.2) is 23.4 Å². The van der Waals surface area contributed by atoms with Gasteiger partial charge in [-0.1, -0.05) is 23.4 Å². The van der Waals surface area contributed by atoms with Crippen LogP contribution in [-0.2, 0) is 14.3 Å². The number of ether oxygens (including phenoxy) is 2. The first-order valence-corrected chi connectivity index (χ1v) is 6.15. The number of carbonyl (C=O) groups excluding carboxylic acids is 1. The van der Waals surface area contributed by atoms with Crippen LogP contribution in [0, 0.1) is 13.8 Å². The minimum absolute atomic E-state index is 0.0425. The van der Waals surface area contributed by atoms with Crippen LogP contribution in [0.5, 0.6) is 0 Å². The number of oxime groups is 1. The summed E-state index contributed by atoms with van der Waals surface area (Å²) in [7, 11) is 2.84. The molecular weight excluding hydrogens is 260 g/mol. The van der Waals surface area contributed by atoms with Crippen LogP contribution in [0.25, 0.3) is 0 Å². The number of hydrogen-bond acceptors (Lipinski definition) is 5. The van der Waals surface area contributed by atoms with Crippen molar-refractivity contribution in [2.75, 3.05) is 32.3 Å². The minimum atomic E-state index is -0.233. The smallest absolute Gasteiger partial charge is 0.253 e. The second-order valence-corrected chi connectivity index (χ2v) is 4.35. The van der Waals surface area contributed by atoms with Crippen LogP contribution in [0.4, 0.5) is 5.69 Å². The lowest BCUT2D eigenvalue weighted by Gasteiger charge is -2.25. The van der Waals surface area contributed by atoms with Crippen molar-refractivity contribution in [2.24, 2.45) is 5.16 Å². The number of carbonyl (C=O) groups is 1. The summed E-state index contributed by atoms with van der Waals surface area (Å²) < 4.78 is 9.83. The maximum Gasteiger partial charge on any atom is 0.253 e. The highest BCUT2D eigenvalue weighted by atomic mass is 16.5. The molecule has 0 fully saturated rings. The molecule has 0 aliphatic carbocycles. The molecule has 0 saturated heterocycles. The van der Waals surface area contributed by atoms with Gasteiger partial charge in [-0.3, -0.25) is 4.79 Å². The van der Waals surface area contributed by atoms with E-state index in [4.69, 9.17) is 14.7 Å². The SMILES string of the molecule is COCC(=O)N(CC(=NO)OC)c1c(C)cccc1C. The lowest BCUT2D eigenvalue weighted by molar-refractivity contribution is -0.122. The Morgan fingerprint density at radius 2 is 1.90 bits per heavy atom. The monoisotopic (exact) mass is 280 g/mol. The molecule has 0 atom stereocenters. The van der Waals surface area contributed by atoms with Gasteiger partial charge in [-0.05, 0) is 25.0 Å². The number of nitrogens with zero attached hydrogens (tertiary/aromatic N) is 2. The predicted molar refractivity (Wildman–Crippen MR) is 76.4 cm³/mol. The Balaban J connectivity index is 3.19. The van der Waals surface area contributed by atoms with Crippen LogP contribution in [0.2, 0.25) is 0 Å². The Morgan fingerprint density at radius 3 is 2.35 bits per heavy atom. The molecule has 0 aliphatic rings. The van der Waals surface area contributed by atoms with Crippen molar-refractivity contribution in [3.8, 4) is 0 Å². The van der Waals surface area contributed by atoms with E-state index in [0.29, 0.717) is 0 Å². The van der Waals surface area contributed by atoms with Crippen molar-refractivity contribution < 1.29 is 19.5 Å². The number of hydrogen-bond donors (Lipinski definition) is 1. The molecule has 1 N–H and O–H groups in total. The molecule has 1 aromatic rings. The van der Waals surface area contributed by atoms with Crippen LogP contribution in [0.3, 0.4) is 0 Å². The highest BCUT2D eigenvalue weighted by Gasteiger charge is 2.21.